The standard InChI is InChI=1S/C16H26N2S/c1-11-8-9-15(19-11)16(12(2)17)18-10-4-6-13-5-3-7-14(13)18/h8-9,12-14,16H,3-7,10,17H2,1-2H3. The molecule has 2 nitrogen and oxygen atoms in total. The second-order valence-corrected chi connectivity index (χ2v) is 7.71. The first-order valence-corrected chi connectivity index (χ1v) is 8.56. The maximum atomic E-state index is 6.36. The van der Waals surface area contributed by atoms with Crippen LogP contribution in [0.5, 0.6) is 0 Å². The molecular formula is C16H26N2S. The van der Waals surface area contributed by atoms with Crippen molar-refractivity contribution in [1.82, 2.24) is 4.90 Å². The fourth-order valence-electron chi connectivity index (χ4n) is 4.17. The normalized spacial score (nSPS) is 31.1. The summed E-state index contributed by atoms with van der Waals surface area (Å²) in [6, 6.07) is 5.99. The lowest BCUT2D eigenvalue weighted by Gasteiger charge is -2.44. The van der Waals surface area contributed by atoms with Crippen LogP contribution >= 0.6 is 11.3 Å². The van der Waals surface area contributed by atoms with Crippen molar-refractivity contribution in [2.45, 2.75) is 64.1 Å². The smallest absolute Gasteiger partial charge is 0.0593 e. The number of likely N-dealkylation sites (tertiary alicyclic amines) is 1. The lowest BCUT2D eigenvalue weighted by Crippen LogP contribution is -2.49. The first-order chi connectivity index (χ1) is 9.16. The third-order valence-corrected chi connectivity index (χ3v) is 6.02. The molecule has 2 aliphatic rings. The third-order valence-electron chi connectivity index (χ3n) is 4.94. The van der Waals surface area contributed by atoms with E-state index in [9.17, 15) is 0 Å². The van der Waals surface area contributed by atoms with Gasteiger partial charge in [-0.15, -0.1) is 11.3 Å². The minimum Gasteiger partial charge on any atom is -0.326 e. The Morgan fingerprint density at radius 2 is 2.05 bits per heavy atom. The zero-order chi connectivity index (χ0) is 13.4. The number of nitrogens with zero attached hydrogens (tertiary/aromatic N) is 1. The second-order valence-electron chi connectivity index (χ2n) is 6.39. The van der Waals surface area contributed by atoms with Crippen molar-refractivity contribution < 1.29 is 0 Å². The number of hydrogen-bond acceptors (Lipinski definition) is 3. The number of hydrogen-bond donors (Lipinski definition) is 1. The zero-order valence-corrected chi connectivity index (χ0v) is 13.0. The van der Waals surface area contributed by atoms with Crippen LogP contribution in [0.4, 0.5) is 0 Å². The summed E-state index contributed by atoms with van der Waals surface area (Å²) >= 11 is 1.93. The highest BCUT2D eigenvalue weighted by Gasteiger charge is 2.39. The van der Waals surface area contributed by atoms with Gasteiger partial charge in [-0.1, -0.05) is 6.42 Å². The Morgan fingerprint density at radius 3 is 2.74 bits per heavy atom. The summed E-state index contributed by atoms with van der Waals surface area (Å²) in [5.41, 5.74) is 6.36. The van der Waals surface area contributed by atoms with E-state index >= 15 is 0 Å². The van der Waals surface area contributed by atoms with E-state index in [-0.39, 0.29) is 6.04 Å². The molecule has 3 rings (SSSR count). The van der Waals surface area contributed by atoms with Crippen LogP contribution in [-0.2, 0) is 0 Å². The first-order valence-electron chi connectivity index (χ1n) is 7.74. The van der Waals surface area contributed by atoms with Gasteiger partial charge in [-0.3, -0.25) is 4.90 Å². The monoisotopic (exact) mass is 278 g/mol. The fraction of sp³-hybridized carbons (Fsp3) is 0.750. The molecule has 1 saturated heterocycles. The summed E-state index contributed by atoms with van der Waals surface area (Å²) in [5, 5.41) is 0. The number of piperidine rings is 1. The van der Waals surface area contributed by atoms with Crippen molar-refractivity contribution >= 4 is 11.3 Å². The summed E-state index contributed by atoms with van der Waals surface area (Å²) in [6.07, 6.45) is 7.04. The summed E-state index contributed by atoms with van der Waals surface area (Å²) in [4.78, 5) is 5.62. The topological polar surface area (TPSA) is 29.3 Å². The molecule has 1 aliphatic carbocycles. The van der Waals surface area contributed by atoms with Gasteiger partial charge in [0.15, 0.2) is 0 Å². The van der Waals surface area contributed by atoms with Gasteiger partial charge < -0.3 is 5.73 Å². The number of rotatable bonds is 3. The van der Waals surface area contributed by atoms with E-state index in [0.29, 0.717) is 6.04 Å². The Balaban J connectivity index is 1.87. The number of fused-ring (bicyclic) bond motifs is 1. The van der Waals surface area contributed by atoms with Gasteiger partial charge in [0.2, 0.25) is 0 Å². The second kappa shape index (κ2) is 5.55. The molecule has 2 heterocycles. The molecule has 2 fully saturated rings. The molecule has 106 valence electrons. The van der Waals surface area contributed by atoms with Gasteiger partial charge in [-0.25, -0.2) is 0 Å². The molecule has 2 N–H and O–H groups in total. The van der Waals surface area contributed by atoms with Crippen LogP contribution < -0.4 is 5.73 Å². The zero-order valence-electron chi connectivity index (χ0n) is 12.1. The number of nitrogens with two attached hydrogens (primary N) is 1. The number of aryl methyl sites for hydroxylation is 1. The minimum atomic E-state index is 0.220. The van der Waals surface area contributed by atoms with E-state index in [1.165, 1.54) is 48.4 Å². The summed E-state index contributed by atoms with van der Waals surface area (Å²) in [7, 11) is 0. The van der Waals surface area contributed by atoms with Gasteiger partial charge in [0.25, 0.3) is 0 Å². The molecule has 4 unspecified atom stereocenters. The molecule has 19 heavy (non-hydrogen) atoms. The molecule has 0 spiro atoms. The van der Waals surface area contributed by atoms with Gasteiger partial charge in [-0.05, 0) is 64.1 Å². The molecule has 4 atom stereocenters. The van der Waals surface area contributed by atoms with E-state index in [0.717, 1.165) is 12.0 Å². The molecule has 0 bridgehead atoms. The van der Waals surface area contributed by atoms with E-state index in [1.807, 2.05) is 11.3 Å². The van der Waals surface area contributed by atoms with Crippen LogP contribution in [0.25, 0.3) is 0 Å². The van der Waals surface area contributed by atoms with Gasteiger partial charge in [0, 0.05) is 21.8 Å². The lowest BCUT2D eigenvalue weighted by atomic mass is 9.89. The molecule has 0 aromatic carbocycles. The maximum Gasteiger partial charge on any atom is 0.0593 e. The molecule has 1 aromatic heterocycles. The highest BCUT2D eigenvalue weighted by Crippen LogP contribution is 2.42. The van der Waals surface area contributed by atoms with Crippen molar-refractivity contribution in [1.29, 1.82) is 0 Å². The third kappa shape index (κ3) is 2.61. The Hall–Kier alpha value is -0.380. The predicted octanol–water partition coefficient (Wildman–Crippen LogP) is 3.71. The summed E-state index contributed by atoms with van der Waals surface area (Å²) in [6.45, 7) is 5.61. The Morgan fingerprint density at radius 1 is 1.26 bits per heavy atom. The van der Waals surface area contributed by atoms with Gasteiger partial charge >= 0.3 is 0 Å². The minimum absolute atomic E-state index is 0.220. The van der Waals surface area contributed by atoms with E-state index in [1.54, 1.807) is 0 Å². The van der Waals surface area contributed by atoms with Gasteiger partial charge in [0.05, 0.1) is 6.04 Å². The molecule has 1 aliphatic heterocycles. The Labute approximate surface area is 121 Å². The van der Waals surface area contributed by atoms with Crippen molar-refractivity contribution in [2.75, 3.05) is 6.54 Å². The predicted molar refractivity (Wildman–Crippen MR) is 82.5 cm³/mol. The van der Waals surface area contributed by atoms with Crippen LogP contribution in [0, 0.1) is 12.8 Å². The molecule has 1 aromatic rings. The quantitative estimate of drug-likeness (QED) is 0.913. The molecule has 0 radical (unpaired) electrons. The van der Waals surface area contributed by atoms with Crippen LogP contribution in [0.15, 0.2) is 12.1 Å². The van der Waals surface area contributed by atoms with Crippen LogP contribution in [0.3, 0.4) is 0 Å². The Bertz CT molecular complexity index is 426. The van der Waals surface area contributed by atoms with Gasteiger partial charge in [-0.2, -0.15) is 0 Å². The van der Waals surface area contributed by atoms with E-state index in [2.05, 4.69) is 30.9 Å². The molecule has 3 heteroatoms. The van der Waals surface area contributed by atoms with Crippen molar-refractivity contribution in [3.05, 3.63) is 21.9 Å². The summed E-state index contributed by atoms with van der Waals surface area (Å²) in [5.74, 6) is 0.941. The van der Waals surface area contributed by atoms with Crippen molar-refractivity contribution in [3.63, 3.8) is 0 Å². The van der Waals surface area contributed by atoms with E-state index < -0.39 is 0 Å². The SMILES string of the molecule is Cc1ccc(C(C(C)N)N2CCCC3CCCC32)s1. The Kier molecular flexibility index (Phi) is 3.97. The average molecular weight is 278 g/mol. The first kappa shape index (κ1) is 13.6. The van der Waals surface area contributed by atoms with Crippen LogP contribution in [0.2, 0.25) is 0 Å². The number of thiophene rings is 1. The maximum absolute atomic E-state index is 6.36. The van der Waals surface area contributed by atoms with Crippen molar-refractivity contribution in [3.8, 4) is 0 Å². The fourth-order valence-corrected chi connectivity index (χ4v) is 5.29. The van der Waals surface area contributed by atoms with Crippen LogP contribution in [-0.4, -0.2) is 23.5 Å². The highest BCUT2D eigenvalue weighted by atomic mass is 32.1. The van der Waals surface area contributed by atoms with E-state index in [4.69, 9.17) is 5.73 Å². The highest BCUT2D eigenvalue weighted by molar-refractivity contribution is 7.12. The van der Waals surface area contributed by atoms with Gasteiger partial charge in [0.1, 0.15) is 0 Å². The van der Waals surface area contributed by atoms with Crippen LogP contribution in [0.1, 0.15) is 54.8 Å². The largest absolute Gasteiger partial charge is 0.326 e. The van der Waals surface area contributed by atoms with Crippen molar-refractivity contribution in [2.24, 2.45) is 11.7 Å². The lowest BCUT2D eigenvalue weighted by molar-refractivity contribution is 0.0587. The molecular weight excluding hydrogens is 252 g/mol. The molecule has 0 amide bonds. The average Bonchev–Trinajstić information content (AvgIpc) is 2.98. The molecule has 1 saturated carbocycles. The summed E-state index contributed by atoms with van der Waals surface area (Å²) < 4.78 is 0.